The van der Waals surface area contributed by atoms with E-state index in [4.69, 9.17) is 13.3 Å². The lowest BCUT2D eigenvalue weighted by Gasteiger charge is -2.18. The maximum Gasteiger partial charge on any atom is 0.229 e. The Morgan fingerprint density at radius 1 is 0.373 bits per heavy atom. The van der Waals surface area contributed by atoms with Gasteiger partial charge in [-0.05, 0) is 87.5 Å². The SMILES string of the molecule is CC(C)(C)c1ccc2oc3ncccc3c2c1.CC(C)(C)c1cnc2oc3ccccc3c2c1.CC(C)(C)c1cnc2oc3ncccc3c2c1. The first-order valence-electron chi connectivity index (χ1n) is 17.4. The van der Waals surface area contributed by atoms with Gasteiger partial charge in [-0.2, -0.15) is 0 Å². The average Bonchev–Trinajstić information content (AvgIpc) is 3.78. The first kappa shape index (κ1) is 33.9. The molecule has 0 fully saturated rings. The fraction of sp³-hybridized carbons (Fsp3) is 0.273. The molecule has 51 heavy (non-hydrogen) atoms. The molecule has 0 N–H and O–H groups in total. The van der Waals surface area contributed by atoms with E-state index in [1.165, 1.54) is 16.7 Å². The zero-order valence-electron chi connectivity index (χ0n) is 30.8. The number of pyridine rings is 4. The Labute approximate surface area is 297 Å². The van der Waals surface area contributed by atoms with Crippen LogP contribution in [0.15, 0.2) is 117 Å². The van der Waals surface area contributed by atoms with Crippen LogP contribution in [-0.2, 0) is 16.2 Å². The van der Waals surface area contributed by atoms with Crippen molar-refractivity contribution in [2.24, 2.45) is 0 Å². The van der Waals surface area contributed by atoms with Crippen LogP contribution in [0, 0.1) is 0 Å². The monoisotopic (exact) mass is 676 g/mol. The van der Waals surface area contributed by atoms with Gasteiger partial charge in [-0.25, -0.2) is 19.9 Å². The van der Waals surface area contributed by atoms with Crippen LogP contribution in [-0.4, -0.2) is 19.9 Å². The number of aromatic nitrogens is 4. The Hall–Kier alpha value is -5.56. The molecule has 7 heteroatoms. The van der Waals surface area contributed by atoms with Crippen LogP contribution in [0.1, 0.15) is 79.0 Å². The lowest BCUT2D eigenvalue weighted by atomic mass is 9.86. The molecule has 0 amide bonds. The summed E-state index contributed by atoms with van der Waals surface area (Å²) in [6.45, 7) is 19.8. The molecule has 0 aliphatic heterocycles. The van der Waals surface area contributed by atoms with Gasteiger partial charge in [-0.3, -0.25) is 0 Å². The van der Waals surface area contributed by atoms with E-state index in [0.29, 0.717) is 17.1 Å². The molecule has 0 saturated heterocycles. The average molecular weight is 677 g/mol. The topological polar surface area (TPSA) is 91.0 Å². The summed E-state index contributed by atoms with van der Waals surface area (Å²) in [5, 5.41) is 6.56. The maximum absolute atomic E-state index is 5.71. The maximum atomic E-state index is 5.71. The lowest BCUT2D eigenvalue weighted by Crippen LogP contribution is -2.11. The Morgan fingerprint density at radius 3 is 1.39 bits per heavy atom. The van der Waals surface area contributed by atoms with E-state index in [9.17, 15) is 0 Å². The first-order chi connectivity index (χ1) is 24.2. The van der Waals surface area contributed by atoms with Crippen molar-refractivity contribution in [2.45, 2.75) is 78.6 Å². The number of hydrogen-bond acceptors (Lipinski definition) is 7. The van der Waals surface area contributed by atoms with E-state index < -0.39 is 0 Å². The van der Waals surface area contributed by atoms with E-state index in [1.54, 1.807) is 12.4 Å². The van der Waals surface area contributed by atoms with Gasteiger partial charge in [0.05, 0.1) is 5.39 Å². The van der Waals surface area contributed by atoms with E-state index in [0.717, 1.165) is 49.2 Å². The highest BCUT2D eigenvalue weighted by molar-refractivity contribution is 6.05. The molecular weight excluding hydrogens is 633 g/mol. The zero-order chi connectivity index (χ0) is 36.1. The van der Waals surface area contributed by atoms with Gasteiger partial charge < -0.3 is 13.3 Å². The van der Waals surface area contributed by atoms with Crippen LogP contribution >= 0.6 is 0 Å². The standard InChI is InChI=1S/2C15H15NO.C14H14N2O/c1-15(2,3)10-6-7-13-12(9-10)11-5-4-8-16-14(11)17-13;1-15(2,3)10-8-12-11-6-4-5-7-13(11)17-14(12)16-9-10;1-14(2,3)9-7-11-10-5-4-6-15-12(10)17-13(11)16-8-9/h2*4-9H,1-3H3;4-8H,1-3H3. The van der Waals surface area contributed by atoms with Gasteiger partial charge in [0.15, 0.2) is 0 Å². The minimum absolute atomic E-state index is 0.0903. The summed E-state index contributed by atoms with van der Waals surface area (Å²) in [5.74, 6) is 0. The fourth-order valence-corrected chi connectivity index (χ4v) is 6.00. The minimum Gasteiger partial charge on any atom is -0.438 e. The fourth-order valence-electron chi connectivity index (χ4n) is 6.00. The van der Waals surface area contributed by atoms with Crippen molar-refractivity contribution >= 4 is 66.3 Å². The van der Waals surface area contributed by atoms with Gasteiger partial charge in [0.2, 0.25) is 22.9 Å². The molecule has 7 nitrogen and oxygen atoms in total. The first-order valence-corrected chi connectivity index (χ1v) is 17.4. The molecule has 0 aliphatic carbocycles. The number of fused-ring (bicyclic) bond motifs is 9. The Bertz CT molecular complexity index is 2360. The molecule has 2 aromatic carbocycles. The molecule has 7 aromatic heterocycles. The summed E-state index contributed by atoms with van der Waals surface area (Å²) in [6.07, 6.45) is 7.28. The Kier molecular flexibility index (Phi) is 8.41. The van der Waals surface area contributed by atoms with Crippen LogP contribution < -0.4 is 0 Å². The van der Waals surface area contributed by atoms with Gasteiger partial charge in [-0.15, -0.1) is 0 Å². The summed E-state index contributed by atoms with van der Waals surface area (Å²) in [6, 6.07) is 26.7. The van der Waals surface area contributed by atoms with Crippen molar-refractivity contribution in [3.63, 3.8) is 0 Å². The van der Waals surface area contributed by atoms with Crippen molar-refractivity contribution < 1.29 is 13.3 Å². The van der Waals surface area contributed by atoms with E-state index in [1.807, 2.05) is 54.9 Å². The summed E-state index contributed by atoms with van der Waals surface area (Å²) in [5.41, 5.74) is 8.67. The van der Waals surface area contributed by atoms with Gasteiger partial charge in [0, 0.05) is 51.7 Å². The second kappa shape index (κ2) is 12.6. The molecule has 9 aromatic rings. The molecule has 258 valence electrons. The zero-order valence-corrected chi connectivity index (χ0v) is 30.8. The van der Waals surface area contributed by atoms with Crippen LogP contribution in [0.3, 0.4) is 0 Å². The van der Waals surface area contributed by atoms with Crippen LogP contribution in [0.4, 0.5) is 0 Å². The number of furan rings is 3. The van der Waals surface area contributed by atoms with Crippen molar-refractivity contribution in [2.75, 3.05) is 0 Å². The quantitative estimate of drug-likeness (QED) is 0.158. The third kappa shape index (κ3) is 6.81. The number of hydrogen-bond donors (Lipinski definition) is 0. The molecular formula is C44H44N4O3. The van der Waals surface area contributed by atoms with Crippen molar-refractivity contribution in [3.8, 4) is 0 Å². The lowest BCUT2D eigenvalue weighted by molar-refractivity contribution is 0.585. The Balaban J connectivity index is 0.000000119. The number of para-hydroxylation sites is 1. The van der Waals surface area contributed by atoms with Crippen LogP contribution in [0.25, 0.3) is 66.3 Å². The van der Waals surface area contributed by atoms with Crippen molar-refractivity contribution in [3.05, 3.63) is 120 Å². The molecule has 0 radical (unpaired) electrons. The third-order valence-electron chi connectivity index (χ3n) is 9.19. The normalized spacial score (nSPS) is 12.4. The van der Waals surface area contributed by atoms with E-state index in [2.05, 4.69) is 119 Å². The predicted octanol–water partition coefficient (Wildman–Crippen LogP) is 12.2. The summed E-state index contributed by atoms with van der Waals surface area (Å²) in [7, 11) is 0. The van der Waals surface area contributed by atoms with E-state index >= 15 is 0 Å². The van der Waals surface area contributed by atoms with Gasteiger partial charge >= 0.3 is 0 Å². The second-order valence-corrected chi connectivity index (χ2v) is 16.1. The second-order valence-electron chi connectivity index (χ2n) is 16.1. The molecule has 7 heterocycles. The molecule has 9 rings (SSSR count). The number of benzene rings is 2. The molecule has 0 atom stereocenters. The number of rotatable bonds is 0. The van der Waals surface area contributed by atoms with Crippen molar-refractivity contribution in [1.82, 2.24) is 19.9 Å². The largest absolute Gasteiger partial charge is 0.438 e. The highest BCUT2D eigenvalue weighted by Gasteiger charge is 2.19. The molecule has 0 saturated carbocycles. The highest BCUT2D eigenvalue weighted by Crippen LogP contribution is 2.33. The summed E-state index contributed by atoms with van der Waals surface area (Å²) in [4.78, 5) is 17.2. The smallest absolute Gasteiger partial charge is 0.229 e. The molecule has 0 bridgehead atoms. The third-order valence-corrected chi connectivity index (χ3v) is 9.19. The van der Waals surface area contributed by atoms with Crippen molar-refractivity contribution in [1.29, 1.82) is 0 Å². The molecule has 0 aliphatic rings. The highest BCUT2D eigenvalue weighted by atomic mass is 16.4. The minimum atomic E-state index is 0.0903. The van der Waals surface area contributed by atoms with E-state index in [-0.39, 0.29) is 16.2 Å². The summed E-state index contributed by atoms with van der Waals surface area (Å²) < 4.78 is 17.0. The summed E-state index contributed by atoms with van der Waals surface area (Å²) >= 11 is 0. The van der Waals surface area contributed by atoms with Gasteiger partial charge in [-0.1, -0.05) is 86.6 Å². The Morgan fingerprint density at radius 2 is 0.804 bits per heavy atom. The number of nitrogens with zero attached hydrogens (tertiary/aromatic N) is 4. The van der Waals surface area contributed by atoms with Gasteiger partial charge in [0.25, 0.3) is 0 Å². The van der Waals surface area contributed by atoms with Crippen LogP contribution in [0.2, 0.25) is 0 Å². The molecule has 0 spiro atoms. The molecule has 0 unspecified atom stereocenters. The van der Waals surface area contributed by atoms with Crippen LogP contribution in [0.5, 0.6) is 0 Å². The van der Waals surface area contributed by atoms with Gasteiger partial charge in [0.1, 0.15) is 11.2 Å². The predicted molar refractivity (Wildman–Crippen MR) is 208 cm³/mol.